The van der Waals surface area contributed by atoms with E-state index in [-0.39, 0.29) is 0 Å². The standard InChI is InChI=1S/C14H18BrN3O2/c1-5-18(13(19)20-14(2,3)4)12-6-11-9(7-17-12)10(15)8-16-11/h6-8,16H,5H2,1-4H3. The van der Waals surface area contributed by atoms with E-state index in [1.807, 2.05) is 40.0 Å². The fourth-order valence-corrected chi connectivity index (χ4v) is 2.25. The summed E-state index contributed by atoms with van der Waals surface area (Å²) < 4.78 is 6.34. The van der Waals surface area contributed by atoms with E-state index in [0.29, 0.717) is 12.4 Å². The first-order valence-corrected chi connectivity index (χ1v) is 7.24. The van der Waals surface area contributed by atoms with Crippen molar-refractivity contribution in [2.45, 2.75) is 33.3 Å². The van der Waals surface area contributed by atoms with E-state index < -0.39 is 11.7 Å². The van der Waals surface area contributed by atoms with Gasteiger partial charge in [0, 0.05) is 34.9 Å². The van der Waals surface area contributed by atoms with Crippen LogP contribution in [0.15, 0.2) is 22.9 Å². The van der Waals surface area contributed by atoms with Crippen LogP contribution in [0.2, 0.25) is 0 Å². The van der Waals surface area contributed by atoms with Crippen molar-refractivity contribution in [1.29, 1.82) is 0 Å². The number of amides is 1. The lowest BCUT2D eigenvalue weighted by Crippen LogP contribution is -2.37. The number of nitrogens with one attached hydrogen (secondary N) is 1. The minimum atomic E-state index is -0.524. The van der Waals surface area contributed by atoms with Gasteiger partial charge in [-0.05, 0) is 43.6 Å². The predicted molar refractivity (Wildman–Crippen MR) is 83.0 cm³/mol. The molecule has 0 bridgehead atoms. The molecule has 108 valence electrons. The van der Waals surface area contributed by atoms with E-state index in [0.717, 1.165) is 15.4 Å². The average molecular weight is 340 g/mol. The largest absolute Gasteiger partial charge is 0.443 e. The van der Waals surface area contributed by atoms with Gasteiger partial charge in [0.2, 0.25) is 0 Å². The second-order valence-corrected chi connectivity index (χ2v) is 6.30. The molecule has 2 aromatic heterocycles. The molecule has 0 aliphatic rings. The zero-order valence-corrected chi connectivity index (χ0v) is 13.6. The molecule has 5 nitrogen and oxygen atoms in total. The Morgan fingerprint density at radius 2 is 2.20 bits per heavy atom. The van der Waals surface area contributed by atoms with Crippen LogP contribution in [0.25, 0.3) is 10.9 Å². The minimum Gasteiger partial charge on any atom is -0.443 e. The molecule has 0 aliphatic carbocycles. The average Bonchev–Trinajstić information content (AvgIpc) is 2.69. The number of carbonyl (C=O) groups excluding carboxylic acids is 1. The van der Waals surface area contributed by atoms with Crippen LogP contribution in [0.3, 0.4) is 0 Å². The number of anilines is 1. The van der Waals surface area contributed by atoms with E-state index in [1.165, 1.54) is 4.90 Å². The Morgan fingerprint density at radius 3 is 2.80 bits per heavy atom. The molecule has 2 rings (SSSR count). The van der Waals surface area contributed by atoms with Crippen molar-refractivity contribution in [3.8, 4) is 0 Å². The molecule has 2 heterocycles. The molecule has 1 N–H and O–H groups in total. The molecule has 20 heavy (non-hydrogen) atoms. The molecule has 0 atom stereocenters. The fourth-order valence-electron chi connectivity index (χ4n) is 1.82. The number of H-pyrrole nitrogens is 1. The van der Waals surface area contributed by atoms with Crippen LogP contribution in [0.4, 0.5) is 10.6 Å². The maximum Gasteiger partial charge on any atom is 0.415 e. The van der Waals surface area contributed by atoms with Crippen LogP contribution in [-0.4, -0.2) is 28.2 Å². The number of pyridine rings is 1. The van der Waals surface area contributed by atoms with E-state index in [9.17, 15) is 4.79 Å². The van der Waals surface area contributed by atoms with E-state index in [1.54, 1.807) is 6.20 Å². The van der Waals surface area contributed by atoms with Gasteiger partial charge in [-0.2, -0.15) is 0 Å². The lowest BCUT2D eigenvalue weighted by Gasteiger charge is -2.25. The number of rotatable bonds is 2. The Balaban J connectivity index is 2.31. The first-order valence-electron chi connectivity index (χ1n) is 6.45. The molecular weight excluding hydrogens is 322 g/mol. The molecule has 0 aromatic carbocycles. The zero-order chi connectivity index (χ0) is 14.9. The van der Waals surface area contributed by atoms with Gasteiger partial charge in [0.05, 0.1) is 5.52 Å². The van der Waals surface area contributed by atoms with Crippen molar-refractivity contribution in [3.05, 3.63) is 22.9 Å². The summed E-state index contributed by atoms with van der Waals surface area (Å²) in [6.07, 6.45) is 3.19. The summed E-state index contributed by atoms with van der Waals surface area (Å²) in [5.74, 6) is 0.573. The van der Waals surface area contributed by atoms with Crippen molar-refractivity contribution in [2.75, 3.05) is 11.4 Å². The number of aromatic amines is 1. The van der Waals surface area contributed by atoms with Crippen LogP contribution in [0, 0.1) is 0 Å². The topological polar surface area (TPSA) is 58.2 Å². The molecule has 0 radical (unpaired) electrons. The van der Waals surface area contributed by atoms with Gasteiger partial charge in [-0.25, -0.2) is 9.78 Å². The Hall–Kier alpha value is -1.56. The molecule has 0 aliphatic heterocycles. The molecule has 0 saturated heterocycles. The molecule has 0 saturated carbocycles. The van der Waals surface area contributed by atoms with Crippen molar-refractivity contribution in [1.82, 2.24) is 9.97 Å². The van der Waals surface area contributed by atoms with Crippen molar-refractivity contribution < 1.29 is 9.53 Å². The molecule has 0 spiro atoms. The summed E-state index contributed by atoms with van der Waals surface area (Å²) in [6, 6.07) is 1.84. The third-order valence-corrected chi connectivity index (χ3v) is 3.36. The zero-order valence-electron chi connectivity index (χ0n) is 12.0. The highest BCUT2D eigenvalue weighted by Crippen LogP contribution is 2.26. The highest BCUT2D eigenvalue weighted by molar-refractivity contribution is 9.10. The minimum absolute atomic E-state index is 0.391. The predicted octanol–water partition coefficient (Wildman–Crippen LogP) is 4.09. The first kappa shape index (κ1) is 14.8. The maximum absolute atomic E-state index is 12.2. The summed E-state index contributed by atoms with van der Waals surface area (Å²) in [6.45, 7) is 7.92. The quantitative estimate of drug-likeness (QED) is 0.896. The Bertz CT molecular complexity index is 631. The Kier molecular flexibility index (Phi) is 4.04. The van der Waals surface area contributed by atoms with E-state index >= 15 is 0 Å². The molecular formula is C14H18BrN3O2. The van der Waals surface area contributed by atoms with Crippen molar-refractivity contribution in [3.63, 3.8) is 0 Å². The third-order valence-electron chi connectivity index (χ3n) is 2.71. The van der Waals surface area contributed by atoms with Gasteiger partial charge in [-0.1, -0.05) is 0 Å². The van der Waals surface area contributed by atoms with Gasteiger partial charge in [0.25, 0.3) is 0 Å². The Labute approximate surface area is 126 Å². The SMILES string of the molecule is CCN(C(=O)OC(C)(C)C)c1cc2[nH]cc(Br)c2cn1. The number of hydrogen-bond donors (Lipinski definition) is 1. The highest BCUT2D eigenvalue weighted by Gasteiger charge is 2.23. The van der Waals surface area contributed by atoms with Crippen LogP contribution in [0.5, 0.6) is 0 Å². The fraction of sp³-hybridized carbons (Fsp3) is 0.429. The van der Waals surface area contributed by atoms with Gasteiger partial charge in [-0.3, -0.25) is 4.90 Å². The molecule has 6 heteroatoms. The molecule has 0 fully saturated rings. The number of aromatic nitrogens is 2. The van der Waals surface area contributed by atoms with Crippen LogP contribution >= 0.6 is 15.9 Å². The number of fused-ring (bicyclic) bond motifs is 1. The molecule has 1 amide bonds. The van der Waals surface area contributed by atoms with Gasteiger partial charge in [0.1, 0.15) is 11.4 Å². The van der Waals surface area contributed by atoms with E-state index in [2.05, 4.69) is 25.9 Å². The Morgan fingerprint density at radius 1 is 1.50 bits per heavy atom. The summed E-state index contributed by atoms with van der Waals surface area (Å²) in [4.78, 5) is 21.2. The number of ether oxygens (including phenoxy) is 1. The van der Waals surface area contributed by atoms with Gasteiger partial charge in [-0.15, -0.1) is 0 Å². The molecule has 2 aromatic rings. The highest BCUT2D eigenvalue weighted by atomic mass is 79.9. The van der Waals surface area contributed by atoms with Crippen LogP contribution in [0.1, 0.15) is 27.7 Å². The van der Waals surface area contributed by atoms with E-state index in [4.69, 9.17) is 4.74 Å². The van der Waals surface area contributed by atoms with Crippen molar-refractivity contribution in [2.24, 2.45) is 0 Å². The monoisotopic (exact) mass is 339 g/mol. The lowest BCUT2D eigenvalue weighted by atomic mass is 10.2. The number of hydrogen-bond acceptors (Lipinski definition) is 3. The van der Waals surface area contributed by atoms with Gasteiger partial charge >= 0.3 is 6.09 Å². The van der Waals surface area contributed by atoms with Crippen molar-refractivity contribution >= 4 is 38.7 Å². The normalized spacial score (nSPS) is 11.7. The summed E-state index contributed by atoms with van der Waals surface area (Å²) in [5, 5.41) is 0.981. The lowest BCUT2D eigenvalue weighted by molar-refractivity contribution is 0.0581. The van der Waals surface area contributed by atoms with Gasteiger partial charge < -0.3 is 9.72 Å². The van der Waals surface area contributed by atoms with Crippen LogP contribution in [-0.2, 0) is 4.74 Å². The second-order valence-electron chi connectivity index (χ2n) is 5.45. The summed E-state index contributed by atoms with van der Waals surface area (Å²) in [5.41, 5.74) is 0.397. The number of carbonyl (C=O) groups is 1. The maximum atomic E-state index is 12.2. The van der Waals surface area contributed by atoms with Gasteiger partial charge in [0.15, 0.2) is 0 Å². The second kappa shape index (κ2) is 5.44. The first-order chi connectivity index (χ1) is 9.31. The summed E-state index contributed by atoms with van der Waals surface area (Å²) >= 11 is 3.44. The number of halogens is 1. The molecule has 0 unspecified atom stereocenters. The summed E-state index contributed by atoms with van der Waals surface area (Å²) in [7, 11) is 0. The van der Waals surface area contributed by atoms with Crippen LogP contribution < -0.4 is 4.90 Å². The smallest absolute Gasteiger partial charge is 0.415 e. The number of nitrogens with zero attached hydrogens (tertiary/aromatic N) is 2. The third kappa shape index (κ3) is 3.12.